The highest BCUT2D eigenvalue weighted by Crippen LogP contribution is 2.23. The Hall–Kier alpha value is -1.73. The maximum atomic E-state index is 13.1. The first kappa shape index (κ1) is 14.7. The molecule has 6 nitrogen and oxygen atoms in total. The average Bonchev–Trinajstić information content (AvgIpc) is 2.89. The molecule has 108 valence electrons. The van der Waals surface area contributed by atoms with Crippen LogP contribution in [0.15, 0.2) is 12.3 Å². The van der Waals surface area contributed by atoms with Crippen LogP contribution in [0.5, 0.6) is 0 Å². The van der Waals surface area contributed by atoms with E-state index in [1.807, 2.05) is 0 Å². The molecule has 1 amide bonds. The van der Waals surface area contributed by atoms with E-state index < -0.39 is 29.7 Å². The van der Waals surface area contributed by atoms with Gasteiger partial charge in [0.15, 0.2) is 0 Å². The molecule has 8 heteroatoms. The SMILES string of the molecule is CN(C(=O)c1cc(F)cnc1Cl)C1COCC1C(=O)O. The third-order valence-electron chi connectivity index (χ3n) is 3.22. The third kappa shape index (κ3) is 2.73. The average molecular weight is 303 g/mol. The van der Waals surface area contributed by atoms with Crippen molar-refractivity contribution >= 4 is 23.5 Å². The molecule has 0 radical (unpaired) electrons. The number of pyridine rings is 1. The number of carboxylic acid groups (broad SMARTS) is 1. The molecule has 1 N–H and O–H groups in total. The lowest BCUT2D eigenvalue weighted by atomic mass is 10.0. The molecule has 0 spiro atoms. The molecule has 1 aromatic rings. The van der Waals surface area contributed by atoms with Crippen LogP contribution in [0.2, 0.25) is 5.15 Å². The number of aliphatic carboxylic acids is 1. The molecular weight excluding hydrogens is 291 g/mol. The van der Waals surface area contributed by atoms with E-state index in [1.165, 1.54) is 11.9 Å². The summed E-state index contributed by atoms with van der Waals surface area (Å²) < 4.78 is 18.2. The van der Waals surface area contributed by atoms with Gasteiger partial charge in [-0.2, -0.15) is 0 Å². The fourth-order valence-corrected chi connectivity index (χ4v) is 2.26. The van der Waals surface area contributed by atoms with Crippen molar-refractivity contribution < 1.29 is 23.8 Å². The molecule has 0 aliphatic carbocycles. The van der Waals surface area contributed by atoms with Gasteiger partial charge in [-0.05, 0) is 6.07 Å². The van der Waals surface area contributed by atoms with Crippen molar-refractivity contribution in [3.8, 4) is 0 Å². The lowest BCUT2D eigenvalue weighted by Gasteiger charge is -2.26. The zero-order valence-electron chi connectivity index (χ0n) is 10.5. The summed E-state index contributed by atoms with van der Waals surface area (Å²) in [6, 6.07) is 0.346. The number of hydrogen-bond acceptors (Lipinski definition) is 4. The first-order valence-corrected chi connectivity index (χ1v) is 6.18. The molecule has 1 aromatic heterocycles. The highest BCUT2D eigenvalue weighted by Gasteiger charge is 2.39. The van der Waals surface area contributed by atoms with Crippen molar-refractivity contribution in [3.05, 3.63) is 28.8 Å². The van der Waals surface area contributed by atoms with Gasteiger partial charge >= 0.3 is 5.97 Å². The van der Waals surface area contributed by atoms with Gasteiger partial charge in [0.05, 0.1) is 31.0 Å². The van der Waals surface area contributed by atoms with Gasteiger partial charge < -0.3 is 14.7 Å². The molecule has 1 fully saturated rings. The third-order valence-corrected chi connectivity index (χ3v) is 3.52. The monoisotopic (exact) mass is 302 g/mol. The smallest absolute Gasteiger partial charge is 0.311 e. The Morgan fingerprint density at radius 3 is 2.90 bits per heavy atom. The van der Waals surface area contributed by atoms with Gasteiger partial charge in [0.1, 0.15) is 16.9 Å². The number of carbonyl (C=O) groups excluding carboxylic acids is 1. The van der Waals surface area contributed by atoms with Crippen LogP contribution in [0.4, 0.5) is 4.39 Å². The molecule has 20 heavy (non-hydrogen) atoms. The van der Waals surface area contributed by atoms with Gasteiger partial charge in [-0.25, -0.2) is 9.37 Å². The topological polar surface area (TPSA) is 79.7 Å². The summed E-state index contributed by atoms with van der Waals surface area (Å²) in [5.41, 5.74) is -0.106. The fraction of sp³-hybridized carbons (Fsp3) is 0.417. The zero-order chi connectivity index (χ0) is 14.9. The number of halogens is 2. The van der Waals surface area contributed by atoms with E-state index in [0.717, 1.165) is 12.3 Å². The molecule has 0 aromatic carbocycles. The molecule has 1 saturated heterocycles. The Labute approximate surface area is 119 Å². The number of nitrogens with zero attached hydrogens (tertiary/aromatic N) is 2. The van der Waals surface area contributed by atoms with Crippen LogP contribution in [0.1, 0.15) is 10.4 Å². The molecule has 2 unspecified atom stereocenters. The fourth-order valence-electron chi connectivity index (χ4n) is 2.07. The van der Waals surface area contributed by atoms with E-state index in [9.17, 15) is 14.0 Å². The number of hydrogen-bond donors (Lipinski definition) is 1. The predicted molar refractivity (Wildman–Crippen MR) is 67.0 cm³/mol. The van der Waals surface area contributed by atoms with Gasteiger partial charge in [-0.15, -0.1) is 0 Å². The summed E-state index contributed by atoms with van der Waals surface area (Å²) in [7, 11) is 1.43. The van der Waals surface area contributed by atoms with Crippen molar-refractivity contribution in [2.75, 3.05) is 20.3 Å². The molecule has 0 saturated carbocycles. The van der Waals surface area contributed by atoms with E-state index >= 15 is 0 Å². The van der Waals surface area contributed by atoms with Gasteiger partial charge in [0.2, 0.25) is 0 Å². The number of likely N-dealkylation sites (N-methyl/N-ethyl adjacent to an activating group) is 1. The van der Waals surface area contributed by atoms with Crippen LogP contribution in [0, 0.1) is 11.7 Å². The molecule has 2 rings (SSSR count). The Kier molecular flexibility index (Phi) is 4.20. The predicted octanol–water partition coefficient (Wildman–Crippen LogP) is 1.05. The quantitative estimate of drug-likeness (QED) is 0.844. The van der Waals surface area contributed by atoms with E-state index in [0.29, 0.717) is 0 Å². The minimum atomic E-state index is -1.05. The maximum absolute atomic E-state index is 13.1. The first-order chi connectivity index (χ1) is 9.41. The number of ether oxygens (including phenoxy) is 1. The van der Waals surface area contributed by atoms with Crippen molar-refractivity contribution in [1.29, 1.82) is 0 Å². The van der Waals surface area contributed by atoms with E-state index in [4.69, 9.17) is 21.4 Å². The summed E-state index contributed by atoms with van der Waals surface area (Å²) in [4.78, 5) is 28.1. The number of carbonyl (C=O) groups is 2. The second kappa shape index (κ2) is 5.72. The second-order valence-corrected chi connectivity index (χ2v) is 4.82. The Bertz CT molecular complexity index is 554. The molecule has 2 atom stereocenters. The lowest BCUT2D eigenvalue weighted by Crippen LogP contribution is -2.44. The van der Waals surface area contributed by atoms with Crippen LogP contribution >= 0.6 is 11.6 Å². The van der Waals surface area contributed by atoms with E-state index in [1.54, 1.807) is 0 Å². The van der Waals surface area contributed by atoms with Gasteiger partial charge in [-0.3, -0.25) is 9.59 Å². The molecule has 1 aliphatic rings. The minimum absolute atomic E-state index is 0.0345. The second-order valence-electron chi connectivity index (χ2n) is 4.46. The first-order valence-electron chi connectivity index (χ1n) is 5.80. The lowest BCUT2D eigenvalue weighted by molar-refractivity contribution is -0.142. The zero-order valence-corrected chi connectivity index (χ0v) is 11.3. The number of rotatable bonds is 3. The Morgan fingerprint density at radius 1 is 1.55 bits per heavy atom. The highest BCUT2D eigenvalue weighted by atomic mass is 35.5. The molecular formula is C12H12ClFN2O4. The van der Waals surface area contributed by atoms with E-state index in [-0.39, 0.29) is 23.9 Å². The summed E-state index contributed by atoms with van der Waals surface area (Å²) in [6.45, 7) is 0.145. The Balaban J connectivity index is 2.24. The number of carboxylic acids is 1. The summed E-state index contributed by atoms with van der Waals surface area (Å²) in [6.07, 6.45) is 0.901. The van der Waals surface area contributed by atoms with Crippen LogP contribution < -0.4 is 0 Å². The van der Waals surface area contributed by atoms with Crippen molar-refractivity contribution in [2.45, 2.75) is 6.04 Å². The normalized spacial score (nSPS) is 21.8. The van der Waals surface area contributed by atoms with Gasteiger partial charge in [-0.1, -0.05) is 11.6 Å². The van der Waals surface area contributed by atoms with Crippen LogP contribution in [-0.2, 0) is 9.53 Å². The molecule has 0 bridgehead atoms. The van der Waals surface area contributed by atoms with E-state index in [2.05, 4.69) is 4.98 Å². The van der Waals surface area contributed by atoms with Gasteiger partial charge in [0, 0.05) is 7.05 Å². The maximum Gasteiger partial charge on any atom is 0.311 e. The molecule has 1 aliphatic heterocycles. The van der Waals surface area contributed by atoms with Crippen LogP contribution in [0.25, 0.3) is 0 Å². The number of amides is 1. The van der Waals surface area contributed by atoms with Crippen LogP contribution in [-0.4, -0.2) is 53.2 Å². The highest BCUT2D eigenvalue weighted by molar-refractivity contribution is 6.32. The summed E-state index contributed by atoms with van der Waals surface area (Å²) in [5, 5.41) is 8.94. The molecule has 2 heterocycles. The number of aromatic nitrogens is 1. The van der Waals surface area contributed by atoms with Gasteiger partial charge in [0.25, 0.3) is 5.91 Å². The van der Waals surface area contributed by atoms with Crippen molar-refractivity contribution in [2.24, 2.45) is 5.92 Å². The van der Waals surface area contributed by atoms with Crippen molar-refractivity contribution in [1.82, 2.24) is 9.88 Å². The largest absolute Gasteiger partial charge is 0.481 e. The van der Waals surface area contributed by atoms with Crippen LogP contribution in [0.3, 0.4) is 0 Å². The minimum Gasteiger partial charge on any atom is -0.481 e. The Morgan fingerprint density at radius 2 is 2.25 bits per heavy atom. The summed E-state index contributed by atoms with van der Waals surface area (Å²) >= 11 is 5.77. The standard InChI is InChI=1S/C12H12ClFN2O4/c1-16(9-5-20-4-8(9)12(18)19)11(17)7-2-6(14)3-15-10(7)13/h2-3,8-9H,4-5H2,1H3,(H,18,19). The summed E-state index contributed by atoms with van der Waals surface area (Å²) in [5.74, 6) is -3.15. The van der Waals surface area contributed by atoms with Crippen molar-refractivity contribution in [3.63, 3.8) is 0 Å².